The molecule has 3 nitrogen and oxygen atoms in total. The van der Waals surface area contributed by atoms with Crippen molar-refractivity contribution in [3.8, 4) is 0 Å². The first kappa shape index (κ1) is 16.7. The second-order valence-corrected chi connectivity index (χ2v) is 6.00. The smallest absolute Gasteiger partial charge is 0.252 e. The molecule has 0 saturated heterocycles. The number of aryl methyl sites for hydroxylation is 1. The molecule has 1 N–H and O–H groups in total. The molecule has 0 aliphatic carbocycles. The predicted molar refractivity (Wildman–Crippen MR) is 82.6 cm³/mol. The Morgan fingerprint density at radius 2 is 1.80 bits per heavy atom. The van der Waals surface area contributed by atoms with Crippen molar-refractivity contribution in [2.75, 3.05) is 7.11 Å². The minimum absolute atomic E-state index is 0.00262. The fourth-order valence-corrected chi connectivity index (χ4v) is 2.00. The molecule has 0 aromatic heterocycles. The van der Waals surface area contributed by atoms with Gasteiger partial charge in [-0.05, 0) is 37.3 Å². The van der Waals surface area contributed by atoms with Crippen LogP contribution in [0.2, 0.25) is 0 Å². The van der Waals surface area contributed by atoms with Gasteiger partial charge in [-0.15, -0.1) is 0 Å². The lowest BCUT2D eigenvalue weighted by atomic mass is 9.94. The van der Waals surface area contributed by atoms with Crippen molar-refractivity contribution in [1.82, 2.24) is 5.32 Å². The van der Waals surface area contributed by atoms with E-state index in [2.05, 4.69) is 50.4 Å². The number of carbonyl (C=O) groups is 1. The van der Waals surface area contributed by atoms with Crippen LogP contribution in [0.5, 0.6) is 0 Å². The zero-order chi connectivity index (χ0) is 15.3. The van der Waals surface area contributed by atoms with E-state index < -0.39 is 5.60 Å². The molecule has 0 saturated carbocycles. The Balaban J connectivity index is 2.91. The van der Waals surface area contributed by atoms with E-state index in [1.807, 2.05) is 0 Å². The third-order valence-corrected chi connectivity index (χ3v) is 3.76. The molecule has 3 heteroatoms. The Labute approximate surface area is 122 Å². The molecule has 1 aromatic carbocycles. The molecule has 0 heterocycles. The zero-order valence-corrected chi connectivity index (χ0v) is 13.5. The Morgan fingerprint density at radius 1 is 1.25 bits per heavy atom. The highest BCUT2D eigenvalue weighted by Gasteiger charge is 2.30. The molecule has 0 fully saturated rings. The van der Waals surface area contributed by atoms with E-state index >= 15 is 0 Å². The fourth-order valence-electron chi connectivity index (χ4n) is 2.00. The lowest BCUT2D eigenvalue weighted by molar-refractivity contribution is -0.140. The molecule has 0 bridgehead atoms. The molecule has 0 aliphatic rings. The number of nitrogens with one attached hydrogen (secondary N) is 1. The molecule has 20 heavy (non-hydrogen) atoms. The maximum Gasteiger partial charge on any atom is 0.252 e. The van der Waals surface area contributed by atoms with Gasteiger partial charge in [0.1, 0.15) is 5.60 Å². The molecule has 0 spiro atoms. The second-order valence-electron chi connectivity index (χ2n) is 6.00. The van der Waals surface area contributed by atoms with Gasteiger partial charge in [0.15, 0.2) is 0 Å². The highest BCUT2D eigenvalue weighted by molar-refractivity contribution is 5.84. The average Bonchev–Trinajstić information content (AvgIpc) is 2.44. The molecule has 1 atom stereocenters. The largest absolute Gasteiger partial charge is 0.369 e. The number of amides is 1. The summed E-state index contributed by atoms with van der Waals surface area (Å²) in [6.45, 7) is 9.91. The van der Waals surface area contributed by atoms with Crippen LogP contribution in [-0.2, 0) is 16.0 Å². The molecule has 1 rings (SSSR count). The summed E-state index contributed by atoms with van der Waals surface area (Å²) in [6.07, 6.45) is 1.02. The van der Waals surface area contributed by atoms with Gasteiger partial charge in [0.25, 0.3) is 5.91 Å². The molecule has 0 aliphatic heterocycles. The highest BCUT2D eigenvalue weighted by Crippen LogP contribution is 2.23. The van der Waals surface area contributed by atoms with Crippen molar-refractivity contribution in [3.05, 3.63) is 35.4 Å². The van der Waals surface area contributed by atoms with Crippen molar-refractivity contribution in [3.63, 3.8) is 0 Å². The van der Waals surface area contributed by atoms with Gasteiger partial charge < -0.3 is 10.1 Å². The summed E-state index contributed by atoms with van der Waals surface area (Å²) in [4.78, 5) is 12.3. The predicted octanol–water partition coefficient (Wildman–Crippen LogP) is 3.49. The van der Waals surface area contributed by atoms with E-state index in [1.54, 1.807) is 21.0 Å². The lowest BCUT2D eigenvalue weighted by Crippen LogP contribution is -2.46. The summed E-state index contributed by atoms with van der Waals surface area (Å²) in [5.41, 5.74) is 1.63. The van der Waals surface area contributed by atoms with E-state index in [0.717, 1.165) is 12.0 Å². The van der Waals surface area contributed by atoms with E-state index in [-0.39, 0.29) is 11.9 Å². The van der Waals surface area contributed by atoms with E-state index in [4.69, 9.17) is 4.74 Å². The first-order chi connectivity index (χ1) is 9.31. The van der Waals surface area contributed by atoms with Gasteiger partial charge in [-0.1, -0.05) is 45.0 Å². The first-order valence-electron chi connectivity index (χ1n) is 7.26. The Hall–Kier alpha value is -1.35. The maximum absolute atomic E-state index is 12.3. The van der Waals surface area contributed by atoms with Gasteiger partial charge >= 0.3 is 0 Å². The van der Waals surface area contributed by atoms with Crippen LogP contribution >= 0.6 is 0 Å². The summed E-state index contributed by atoms with van der Waals surface area (Å²) < 4.78 is 5.24. The molecule has 1 amide bonds. The van der Waals surface area contributed by atoms with Gasteiger partial charge in [-0.25, -0.2) is 0 Å². The van der Waals surface area contributed by atoms with Crippen LogP contribution in [0.1, 0.15) is 51.8 Å². The fraction of sp³-hybridized carbons (Fsp3) is 0.588. The lowest BCUT2D eigenvalue weighted by Gasteiger charge is -2.28. The van der Waals surface area contributed by atoms with Crippen molar-refractivity contribution in [2.45, 2.75) is 52.7 Å². The normalized spacial score (nSPS) is 13.3. The van der Waals surface area contributed by atoms with Crippen molar-refractivity contribution < 1.29 is 9.53 Å². The topological polar surface area (TPSA) is 38.3 Å². The molecule has 1 aromatic rings. The number of hydrogen-bond acceptors (Lipinski definition) is 2. The molecule has 112 valence electrons. The summed E-state index contributed by atoms with van der Waals surface area (Å²) >= 11 is 0. The van der Waals surface area contributed by atoms with Crippen LogP contribution in [0.15, 0.2) is 24.3 Å². The number of methoxy groups -OCH3 is 1. The number of ether oxygens (including phenoxy) is 1. The van der Waals surface area contributed by atoms with Crippen LogP contribution in [0.4, 0.5) is 0 Å². The van der Waals surface area contributed by atoms with E-state index in [0.29, 0.717) is 5.92 Å². The monoisotopic (exact) mass is 277 g/mol. The number of carbonyl (C=O) groups excluding carboxylic acids is 1. The summed E-state index contributed by atoms with van der Waals surface area (Å²) in [6, 6.07) is 8.45. The van der Waals surface area contributed by atoms with E-state index in [9.17, 15) is 4.79 Å². The van der Waals surface area contributed by atoms with Gasteiger partial charge in [-0.3, -0.25) is 4.79 Å². The van der Waals surface area contributed by atoms with Crippen LogP contribution in [0, 0.1) is 5.92 Å². The van der Waals surface area contributed by atoms with Crippen molar-refractivity contribution in [1.29, 1.82) is 0 Å². The van der Waals surface area contributed by atoms with Crippen LogP contribution in [-0.4, -0.2) is 18.6 Å². The third kappa shape index (κ3) is 4.07. The first-order valence-corrected chi connectivity index (χ1v) is 7.26. The van der Waals surface area contributed by atoms with Crippen LogP contribution in [0.25, 0.3) is 0 Å². The maximum atomic E-state index is 12.3. The number of hydrogen-bond donors (Lipinski definition) is 1. The van der Waals surface area contributed by atoms with Gasteiger partial charge in [0.2, 0.25) is 0 Å². The molecule has 0 radical (unpaired) electrons. The molecular weight excluding hydrogens is 250 g/mol. The van der Waals surface area contributed by atoms with Crippen LogP contribution < -0.4 is 5.32 Å². The third-order valence-electron chi connectivity index (χ3n) is 3.76. The van der Waals surface area contributed by atoms with Gasteiger partial charge in [0, 0.05) is 7.11 Å². The molecule has 1 unspecified atom stereocenters. The van der Waals surface area contributed by atoms with Crippen molar-refractivity contribution >= 4 is 5.91 Å². The van der Waals surface area contributed by atoms with Crippen LogP contribution in [0.3, 0.4) is 0 Å². The number of rotatable bonds is 6. The summed E-state index contributed by atoms with van der Waals surface area (Å²) in [7, 11) is 1.56. The van der Waals surface area contributed by atoms with Gasteiger partial charge in [0.05, 0.1) is 6.04 Å². The number of benzene rings is 1. The Kier molecular flexibility index (Phi) is 5.75. The average molecular weight is 277 g/mol. The van der Waals surface area contributed by atoms with Gasteiger partial charge in [-0.2, -0.15) is 0 Å². The van der Waals surface area contributed by atoms with E-state index in [1.165, 1.54) is 5.56 Å². The Bertz CT molecular complexity index is 435. The molecular formula is C17H27NO2. The van der Waals surface area contributed by atoms with Crippen molar-refractivity contribution in [2.24, 2.45) is 5.92 Å². The minimum Gasteiger partial charge on any atom is -0.369 e. The SMILES string of the molecule is CCc1ccc(C(NC(=O)C(C)(C)OC)C(C)C)cc1. The second kappa shape index (κ2) is 6.89. The quantitative estimate of drug-likeness (QED) is 0.864. The summed E-state index contributed by atoms with van der Waals surface area (Å²) in [5.74, 6) is 0.234. The zero-order valence-electron chi connectivity index (χ0n) is 13.5. The summed E-state index contributed by atoms with van der Waals surface area (Å²) in [5, 5.41) is 3.10. The minimum atomic E-state index is -0.809. The Morgan fingerprint density at radius 3 is 2.20 bits per heavy atom. The highest BCUT2D eigenvalue weighted by atomic mass is 16.5. The standard InChI is InChI=1S/C17H27NO2/c1-7-13-8-10-14(11-9-13)15(12(2)3)18-16(19)17(4,5)20-6/h8-12,15H,7H2,1-6H3,(H,18,19).